The van der Waals surface area contributed by atoms with Gasteiger partial charge in [-0.3, -0.25) is 14.6 Å². The van der Waals surface area contributed by atoms with E-state index in [1.807, 2.05) is 0 Å². The Labute approximate surface area is 280 Å². The van der Waals surface area contributed by atoms with Crippen molar-refractivity contribution >= 4 is 21.8 Å². The molecule has 1 atom stereocenters. The molecule has 0 bridgehead atoms. The van der Waals surface area contributed by atoms with E-state index in [9.17, 15) is 31.2 Å². The fourth-order valence-corrected chi connectivity index (χ4v) is 7.70. The topological polar surface area (TPSA) is 145 Å². The van der Waals surface area contributed by atoms with Crippen LogP contribution in [-0.2, 0) is 36.8 Å². The molecule has 0 radical (unpaired) electrons. The molecule has 3 aromatic rings. The van der Waals surface area contributed by atoms with Gasteiger partial charge in [0.05, 0.1) is 30.6 Å². The van der Waals surface area contributed by atoms with Crippen molar-refractivity contribution in [3.05, 3.63) is 53.9 Å². The standard InChI is InChI=1S/C32H36F3N5O8S/c1-31(2)29(41)39(30(42)40(31)12-11-38-13-16-45-17-14-38)19-27-36-28(37-48-27)21-9-10-24(23(18-21)32(33,34)35)47-25-7-3-4-8-26(25)49(43,44)20-22-6-5-15-46-22/h3-4,7-10,18,22H,5-6,11-17,19-20H2,1-2H3. The highest BCUT2D eigenvalue weighted by molar-refractivity contribution is 7.91. The van der Waals surface area contributed by atoms with Crippen molar-refractivity contribution in [3.8, 4) is 22.9 Å². The van der Waals surface area contributed by atoms with E-state index in [0.717, 1.165) is 36.5 Å². The second-order valence-electron chi connectivity index (χ2n) is 12.5. The molecule has 6 rings (SSSR count). The fraction of sp³-hybridized carbons (Fsp3) is 0.500. The van der Waals surface area contributed by atoms with Crippen molar-refractivity contribution in [2.75, 3.05) is 51.8 Å². The second kappa shape index (κ2) is 13.7. The van der Waals surface area contributed by atoms with E-state index in [2.05, 4.69) is 15.0 Å². The van der Waals surface area contributed by atoms with Gasteiger partial charge in [-0.05, 0) is 57.0 Å². The number of halogens is 3. The Balaban J connectivity index is 1.19. The minimum atomic E-state index is -4.91. The molecule has 264 valence electrons. The van der Waals surface area contributed by atoms with Crippen LogP contribution in [0.3, 0.4) is 0 Å². The number of nitrogens with zero attached hydrogens (tertiary/aromatic N) is 5. The Bertz CT molecular complexity index is 1800. The van der Waals surface area contributed by atoms with Crippen molar-refractivity contribution < 1.29 is 49.9 Å². The summed E-state index contributed by atoms with van der Waals surface area (Å²) in [5.41, 5.74) is -2.42. The molecule has 3 aliphatic heterocycles. The number of rotatable bonds is 11. The van der Waals surface area contributed by atoms with Gasteiger partial charge in [-0.15, -0.1) is 0 Å². The molecule has 49 heavy (non-hydrogen) atoms. The number of aromatic nitrogens is 2. The van der Waals surface area contributed by atoms with Gasteiger partial charge in [-0.2, -0.15) is 18.2 Å². The molecule has 0 spiro atoms. The van der Waals surface area contributed by atoms with Gasteiger partial charge in [0.1, 0.15) is 28.5 Å². The maximum atomic E-state index is 14.3. The van der Waals surface area contributed by atoms with Crippen LogP contribution in [0.15, 0.2) is 51.9 Å². The first kappa shape index (κ1) is 34.8. The first-order chi connectivity index (χ1) is 23.2. The number of hydrogen-bond donors (Lipinski definition) is 0. The molecular weight excluding hydrogens is 671 g/mol. The van der Waals surface area contributed by atoms with Crippen LogP contribution in [-0.4, -0.2) is 109 Å². The molecule has 3 amide bonds. The predicted molar refractivity (Wildman–Crippen MR) is 166 cm³/mol. The lowest BCUT2D eigenvalue weighted by molar-refractivity contribution is -0.138. The molecule has 2 aromatic carbocycles. The highest BCUT2D eigenvalue weighted by Gasteiger charge is 2.51. The summed E-state index contributed by atoms with van der Waals surface area (Å²) >= 11 is 0. The fourth-order valence-electron chi connectivity index (χ4n) is 6.07. The maximum absolute atomic E-state index is 14.3. The number of morpholine rings is 1. The van der Waals surface area contributed by atoms with Gasteiger partial charge in [-0.1, -0.05) is 17.3 Å². The SMILES string of the molecule is CC1(C)C(=O)N(Cc2nc(-c3ccc(Oc4ccccc4S(=O)(=O)CC4CCCO4)c(C(F)(F)F)c3)no2)C(=O)N1CCN1CCOCC1. The highest BCUT2D eigenvalue weighted by Crippen LogP contribution is 2.41. The quantitative estimate of drug-likeness (QED) is 0.262. The third-order valence-corrected chi connectivity index (χ3v) is 10.6. The molecule has 0 saturated carbocycles. The van der Waals surface area contributed by atoms with E-state index < -0.39 is 50.9 Å². The third kappa shape index (κ3) is 7.44. The average molecular weight is 708 g/mol. The molecular formula is C32H36F3N5O8S. The van der Waals surface area contributed by atoms with E-state index in [-0.39, 0.29) is 40.2 Å². The summed E-state index contributed by atoms with van der Waals surface area (Å²) in [4.78, 5) is 35.1. The zero-order valence-electron chi connectivity index (χ0n) is 26.9. The van der Waals surface area contributed by atoms with E-state index in [0.29, 0.717) is 39.3 Å². The molecule has 0 N–H and O–H groups in total. The minimum Gasteiger partial charge on any atom is -0.455 e. The second-order valence-corrected chi connectivity index (χ2v) is 14.5. The molecule has 1 aromatic heterocycles. The smallest absolute Gasteiger partial charge is 0.420 e. The van der Waals surface area contributed by atoms with Gasteiger partial charge >= 0.3 is 12.2 Å². The Hall–Kier alpha value is -4.06. The number of para-hydroxylation sites is 1. The first-order valence-electron chi connectivity index (χ1n) is 15.8. The lowest BCUT2D eigenvalue weighted by Crippen LogP contribution is -2.48. The highest BCUT2D eigenvalue weighted by atomic mass is 32.2. The van der Waals surface area contributed by atoms with E-state index >= 15 is 0 Å². The van der Waals surface area contributed by atoms with Gasteiger partial charge in [0, 0.05) is 38.3 Å². The number of hydrogen-bond acceptors (Lipinski definition) is 11. The van der Waals surface area contributed by atoms with E-state index in [1.54, 1.807) is 13.8 Å². The Morgan fingerprint density at radius 2 is 1.78 bits per heavy atom. The predicted octanol–water partition coefficient (Wildman–Crippen LogP) is 4.38. The summed E-state index contributed by atoms with van der Waals surface area (Å²) in [6, 6.07) is 8.02. The number of imide groups is 1. The van der Waals surface area contributed by atoms with Crippen LogP contribution < -0.4 is 4.74 Å². The van der Waals surface area contributed by atoms with Crippen molar-refractivity contribution in [2.45, 2.75) is 55.9 Å². The number of alkyl halides is 3. The summed E-state index contributed by atoms with van der Waals surface area (Å²) in [5.74, 6) is -2.05. The summed E-state index contributed by atoms with van der Waals surface area (Å²) in [6.07, 6.45) is -4.12. The van der Waals surface area contributed by atoms with Crippen LogP contribution in [0.25, 0.3) is 11.4 Å². The van der Waals surface area contributed by atoms with E-state index in [1.165, 1.54) is 35.2 Å². The zero-order valence-corrected chi connectivity index (χ0v) is 27.8. The molecule has 1 unspecified atom stereocenters. The summed E-state index contributed by atoms with van der Waals surface area (Å²) in [5, 5.41) is 3.80. The normalized spacial score (nSPS) is 20.4. The van der Waals surface area contributed by atoms with Crippen molar-refractivity contribution in [1.29, 1.82) is 0 Å². The van der Waals surface area contributed by atoms with Gasteiger partial charge < -0.3 is 23.6 Å². The Morgan fingerprint density at radius 3 is 2.49 bits per heavy atom. The molecule has 3 saturated heterocycles. The third-order valence-electron chi connectivity index (χ3n) is 8.79. The van der Waals surface area contributed by atoms with Crippen LogP contribution in [0.2, 0.25) is 0 Å². The summed E-state index contributed by atoms with van der Waals surface area (Å²) < 4.78 is 91.0. The van der Waals surface area contributed by atoms with Crippen LogP contribution in [0.5, 0.6) is 11.5 Å². The monoisotopic (exact) mass is 707 g/mol. The van der Waals surface area contributed by atoms with Gasteiger partial charge in [-0.25, -0.2) is 13.2 Å². The molecule has 3 fully saturated rings. The molecule has 17 heteroatoms. The van der Waals surface area contributed by atoms with Gasteiger partial charge in [0.15, 0.2) is 9.84 Å². The van der Waals surface area contributed by atoms with Gasteiger partial charge in [0.2, 0.25) is 11.7 Å². The van der Waals surface area contributed by atoms with Crippen LogP contribution >= 0.6 is 0 Å². The molecule has 3 aliphatic rings. The number of carbonyl (C=O) groups excluding carboxylic acids is 2. The van der Waals surface area contributed by atoms with E-state index in [4.69, 9.17) is 18.7 Å². The average Bonchev–Trinajstić information content (AvgIpc) is 3.78. The first-order valence-corrected chi connectivity index (χ1v) is 17.5. The van der Waals surface area contributed by atoms with Gasteiger partial charge in [0.25, 0.3) is 5.91 Å². The lowest BCUT2D eigenvalue weighted by atomic mass is 10.0. The molecule has 0 aliphatic carbocycles. The largest absolute Gasteiger partial charge is 0.455 e. The summed E-state index contributed by atoms with van der Waals surface area (Å²) in [6.45, 7) is 6.87. The van der Waals surface area contributed by atoms with Crippen LogP contribution in [0.4, 0.5) is 18.0 Å². The number of amides is 3. The number of sulfone groups is 1. The maximum Gasteiger partial charge on any atom is 0.420 e. The molecule has 13 nitrogen and oxygen atoms in total. The molecule has 4 heterocycles. The van der Waals surface area contributed by atoms with Crippen LogP contribution in [0, 0.1) is 0 Å². The summed E-state index contributed by atoms with van der Waals surface area (Å²) in [7, 11) is -3.95. The number of urea groups is 1. The minimum absolute atomic E-state index is 0.0829. The zero-order chi connectivity index (χ0) is 35.0. The van der Waals surface area contributed by atoms with Crippen molar-refractivity contribution in [1.82, 2.24) is 24.8 Å². The van der Waals surface area contributed by atoms with Crippen LogP contribution in [0.1, 0.15) is 38.1 Å². The Morgan fingerprint density at radius 1 is 1.02 bits per heavy atom. The Kier molecular flexibility index (Phi) is 9.72. The van der Waals surface area contributed by atoms with Crippen molar-refractivity contribution in [3.63, 3.8) is 0 Å². The van der Waals surface area contributed by atoms with Crippen molar-refractivity contribution in [2.24, 2.45) is 0 Å². The lowest BCUT2D eigenvalue weighted by Gasteiger charge is -2.32. The number of carbonyl (C=O) groups is 2. The number of ether oxygens (including phenoxy) is 3. The number of benzene rings is 2.